The molecule has 0 spiro atoms. The molecule has 4 nitrogen and oxygen atoms in total. The van der Waals surface area contributed by atoms with Gasteiger partial charge in [-0.05, 0) is 31.0 Å². The van der Waals surface area contributed by atoms with E-state index in [1.807, 2.05) is 24.4 Å². The van der Waals surface area contributed by atoms with Gasteiger partial charge in [-0.2, -0.15) is 0 Å². The van der Waals surface area contributed by atoms with Crippen LogP contribution in [-0.4, -0.2) is 30.5 Å². The fraction of sp³-hybridized carbons (Fsp3) is 0.524. The van der Waals surface area contributed by atoms with Gasteiger partial charge in [0.05, 0.1) is 0 Å². The Kier molecular flexibility index (Phi) is 6.95. The molecule has 1 aromatic heterocycles. The van der Waals surface area contributed by atoms with E-state index in [4.69, 9.17) is 9.72 Å². The quantitative estimate of drug-likeness (QED) is 0.319. The van der Waals surface area contributed by atoms with Crippen LogP contribution in [0, 0.1) is 5.92 Å². The van der Waals surface area contributed by atoms with Crippen molar-refractivity contribution >= 4 is 26.1 Å². The first-order chi connectivity index (χ1) is 13.0. The highest BCUT2D eigenvalue weighted by Gasteiger charge is 2.31. The van der Waals surface area contributed by atoms with Crippen LogP contribution in [0.25, 0.3) is 0 Å². The third kappa shape index (κ3) is 5.56. The van der Waals surface area contributed by atoms with E-state index in [9.17, 15) is 4.79 Å². The molecule has 0 bridgehead atoms. The van der Waals surface area contributed by atoms with Crippen molar-refractivity contribution in [3.63, 3.8) is 0 Å². The average Bonchev–Trinajstić information content (AvgIpc) is 3.25. The standard InChI is InChI=1S/C21H30N2O2SSi/c1-27(2,3)13-12-25-16-23-20(19-11-7-8-17(19)15-24)14-22-21(23)26-18-9-5-4-6-10-18/h4-6,9-10,14-15,17,19H,7-8,11-13,16H2,1-3H3/t17-,19-/m0/s1. The van der Waals surface area contributed by atoms with Crippen LogP contribution in [0.1, 0.15) is 30.9 Å². The molecule has 1 heterocycles. The molecule has 1 aromatic carbocycles. The van der Waals surface area contributed by atoms with Crippen LogP contribution in [0.2, 0.25) is 25.7 Å². The molecule has 3 rings (SSSR count). The molecule has 2 aromatic rings. The van der Waals surface area contributed by atoms with Crippen LogP contribution in [0.5, 0.6) is 0 Å². The van der Waals surface area contributed by atoms with E-state index in [1.54, 1.807) is 11.8 Å². The molecule has 0 radical (unpaired) electrons. The monoisotopic (exact) mass is 402 g/mol. The number of hydrogen-bond acceptors (Lipinski definition) is 4. The fourth-order valence-corrected chi connectivity index (χ4v) is 5.16. The molecule has 6 heteroatoms. The normalized spacial score (nSPS) is 20.1. The summed E-state index contributed by atoms with van der Waals surface area (Å²) in [5.74, 6) is 0.373. The lowest BCUT2D eigenvalue weighted by Gasteiger charge is -2.20. The summed E-state index contributed by atoms with van der Waals surface area (Å²) in [5.41, 5.74) is 1.15. The van der Waals surface area contributed by atoms with E-state index in [-0.39, 0.29) is 11.8 Å². The largest absolute Gasteiger partial charge is 0.361 e. The lowest BCUT2D eigenvalue weighted by atomic mass is 9.94. The number of aldehydes is 1. The summed E-state index contributed by atoms with van der Waals surface area (Å²) in [6, 6.07) is 11.5. The zero-order chi connectivity index (χ0) is 19.3. The Labute approximate surface area is 167 Å². The van der Waals surface area contributed by atoms with Crippen molar-refractivity contribution in [1.82, 2.24) is 9.55 Å². The van der Waals surface area contributed by atoms with Crippen molar-refractivity contribution in [2.75, 3.05) is 6.61 Å². The molecular weight excluding hydrogens is 372 g/mol. The Bertz CT molecular complexity index is 742. The summed E-state index contributed by atoms with van der Waals surface area (Å²) in [6.45, 7) is 8.39. The summed E-state index contributed by atoms with van der Waals surface area (Å²) in [7, 11) is -1.11. The highest BCUT2D eigenvalue weighted by molar-refractivity contribution is 7.99. The lowest BCUT2D eigenvalue weighted by molar-refractivity contribution is -0.111. The second kappa shape index (κ2) is 9.21. The van der Waals surface area contributed by atoms with Gasteiger partial charge in [0.1, 0.15) is 13.0 Å². The van der Waals surface area contributed by atoms with Crippen LogP contribution >= 0.6 is 11.8 Å². The smallest absolute Gasteiger partial charge is 0.174 e. The summed E-state index contributed by atoms with van der Waals surface area (Å²) >= 11 is 1.66. The first kappa shape index (κ1) is 20.4. The number of aromatic nitrogens is 2. The number of nitrogens with zero attached hydrogens (tertiary/aromatic N) is 2. The predicted molar refractivity (Wildman–Crippen MR) is 113 cm³/mol. The van der Waals surface area contributed by atoms with E-state index in [0.717, 1.165) is 53.9 Å². The zero-order valence-corrected chi connectivity index (χ0v) is 18.4. The van der Waals surface area contributed by atoms with Gasteiger partial charge in [0.25, 0.3) is 0 Å². The summed E-state index contributed by atoms with van der Waals surface area (Å²) in [5, 5.41) is 0.945. The maximum absolute atomic E-state index is 11.5. The highest BCUT2D eigenvalue weighted by Crippen LogP contribution is 2.40. The third-order valence-corrected chi connectivity index (χ3v) is 7.86. The second-order valence-electron chi connectivity index (χ2n) is 8.49. The number of carbonyl (C=O) groups excluding carboxylic acids is 1. The van der Waals surface area contributed by atoms with Crippen LogP contribution in [0.4, 0.5) is 0 Å². The van der Waals surface area contributed by atoms with Gasteiger partial charge in [-0.15, -0.1) is 0 Å². The number of rotatable bonds is 9. The molecule has 1 saturated carbocycles. The number of carbonyl (C=O) groups is 1. The highest BCUT2D eigenvalue weighted by atomic mass is 32.2. The molecule has 2 atom stereocenters. The van der Waals surface area contributed by atoms with Gasteiger partial charge in [0.15, 0.2) is 5.16 Å². The van der Waals surface area contributed by atoms with Crippen molar-refractivity contribution in [3.05, 3.63) is 42.2 Å². The zero-order valence-electron chi connectivity index (χ0n) is 16.6. The lowest BCUT2D eigenvalue weighted by Crippen LogP contribution is -2.22. The summed E-state index contributed by atoms with van der Waals surface area (Å²) in [6.07, 6.45) is 6.23. The minimum atomic E-state index is -1.11. The van der Waals surface area contributed by atoms with E-state index in [1.165, 1.54) is 0 Å². The van der Waals surface area contributed by atoms with Crippen LogP contribution < -0.4 is 0 Å². The first-order valence-electron chi connectivity index (χ1n) is 9.79. The van der Waals surface area contributed by atoms with Crippen molar-refractivity contribution in [2.45, 2.75) is 67.6 Å². The first-order valence-corrected chi connectivity index (χ1v) is 14.3. The molecule has 1 aliphatic rings. The molecule has 27 heavy (non-hydrogen) atoms. The fourth-order valence-electron chi connectivity index (χ4n) is 3.53. The van der Waals surface area contributed by atoms with Crippen LogP contribution in [0.3, 0.4) is 0 Å². The van der Waals surface area contributed by atoms with Gasteiger partial charge in [0, 0.05) is 43.3 Å². The SMILES string of the molecule is C[Si](C)(C)CCOCn1c([C@H]2CCC[C@H]2C=O)cnc1Sc1ccccc1. The van der Waals surface area contributed by atoms with E-state index in [0.29, 0.717) is 6.73 Å². The van der Waals surface area contributed by atoms with Gasteiger partial charge in [0.2, 0.25) is 0 Å². The predicted octanol–water partition coefficient (Wildman–Crippen LogP) is 5.43. The molecule has 0 saturated heterocycles. The minimum absolute atomic E-state index is 0.108. The molecule has 1 fully saturated rings. The van der Waals surface area contributed by atoms with Crippen molar-refractivity contribution < 1.29 is 9.53 Å². The number of benzene rings is 1. The molecule has 146 valence electrons. The molecule has 1 aliphatic carbocycles. The summed E-state index contributed by atoms with van der Waals surface area (Å²) < 4.78 is 8.25. The van der Waals surface area contributed by atoms with Crippen molar-refractivity contribution in [3.8, 4) is 0 Å². The van der Waals surface area contributed by atoms with Gasteiger partial charge < -0.3 is 9.53 Å². The molecule has 0 unspecified atom stereocenters. The summed E-state index contributed by atoms with van der Waals surface area (Å²) in [4.78, 5) is 17.4. The Morgan fingerprint density at radius 2 is 2.04 bits per heavy atom. The van der Waals surface area contributed by atoms with E-state index < -0.39 is 8.07 Å². The Balaban J connectivity index is 1.79. The molecule has 0 amide bonds. The van der Waals surface area contributed by atoms with Crippen molar-refractivity contribution in [2.24, 2.45) is 5.92 Å². The van der Waals surface area contributed by atoms with E-state index >= 15 is 0 Å². The Morgan fingerprint density at radius 1 is 1.26 bits per heavy atom. The van der Waals surface area contributed by atoms with Crippen LogP contribution in [0.15, 0.2) is 46.6 Å². The average molecular weight is 403 g/mol. The molecule has 0 N–H and O–H groups in total. The van der Waals surface area contributed by atoms with Gasteiger partial charge in [-0.25, -0.2) is 4.98 Å². The number of imidazole rings is 1. The minimum Gasteiger partial charge on any atom is -0.361 e. The van der Waals surface area contributed by atoms with Crippen LogP contribution in [-0.2, 0) is 16.3 Å². The maximum Gasteiger partial charge on any atom is 0.174 e. The number of ether oxygens (including phenoxy) is 1. The Hall–Kier alpha value is -1.37. The van der Waals surface area contributed by atoms with Gasteiger partial charge in [-0.3, -0.25) is 4.57 Å². The molecule has 0 aliphatic heterocycles. The van der Waals surface area contributed by atoms with Gasteiger partial charge >= 0.3 is 0 Å². The van der Waals surface area contributed by atoms with Gasteiger partial charge in [-0.1, -0.05) is 56.0 Å². The number of hydrogen-bond donors (Lipinski definition) is 0. The Morgan fingerprint density at radius 3 is 2.74 bits per heavy atom. The topological polar surface area (TPSA) is 44.1 Å². The second-order valence-corrected chi connectivity index (χ2v) is 15.2. The van der Waals surface area contributed by atoms with E-state index in [2.05, 4.69) is 36.3 Å². The van der Waals surface area contributed by atoms with Crippen molar-refractivity contribution in [1.29, 1.82) is 0 Å². The maximum atomic E-state index is 11.5. The molecular formula is C21H30N2O2SSi. The third-order valence-electron chi connectivity index (χ3n) is 5.14.